The first kappa shape index (κ1) is 18.3. The van der Waals surface area contributed by atoms with E-state index in [4.69, 9.17) is 4.74 Å². The Balaban J connectivity index is 2.68. The van der Waals surface area contributed by atoms with Crippen molar-refractivity contribution in [2.24, 2.45) is 0 Å². The maximum absolute atomic E-state index is 12.0. The second-order valence-corrected chi connectivity index (χ2v) is 7.68. The number of carbonyl (C=O) groups is 2. The molecule has 0 saturated heterocycles. The normalized spacial score (nSPS) is 13.5. The number of hydrogen-bond acceptors (Lipinski definition) is 5. The highest BCUT2D eigenvalue weighted by atomic mass is 32.2. The highest BCUT2D eigenvalue weighted by Crippen LogP contribution is 2.09. The molecule has 0 heterocycles. The minimum atomic E-state index is -3.93. The largest absolute Gasteiger partial charge is 0.459 e. The summed E-state index contributed by atoms with van der Waals surface area (Å²) in [6, 6.07) is 7.04. The molecule has 6 nitrogen and oxygen atoms in total. The van der Waals surface area contributed by atoms with Crippen LogP contribution in [0.5, 0.6) is 0 Å². The first-order valence-electron chi connectivity index (χ1n) is 6.81. The van der Waals surface area contributed by atoms with Gasteiger partial charge < -0.3 is 4.74 Å². The first-order valence-corrected chi connectivity index (χ1v) is 8.46. The molecule has 0 spiro atoms. The van der Waals surface area contributed by atoms with Gasteiger partial charge in [-0.1, -0.05) is 30.3 Å². The zero-order valence-electron chi connectivity index (χ0n) is 13.1. The third-order valence-corrected chi connectivity index (χ3v) is 3.89. The zero-order chi connectivity index (χ0) is 17.0. The topological polar surface area (TPSA) is 89.5 Å². The average molecular weight is 327 g/mol. The summed E-state index contributed by atoms with van der Waals surface area (Å²) in [6.45, 7) is 6.43. The summed E-state index contributed by atoms with van der Waals surface area (Å²) >= 11 is 0. The molecule has 0 saturated carbocycles. The van der Waals surface area contributed by atoms with Gasteiger partial charge in [0.2, 0.25) is 10.0 Å². The van der Waals surface area contributed by atoms with Crippen LogP contribution in [0.15, 0.2) is 30.3 Å². The van der Waals surface area contributed by atoms with Crippen molar-refractivity contribution in [2.45, 2.75) is 39.3 Å². The summed E-state index contributed by atoms with van der Waals surface area (Å²) in [5.41, 5.74) is -0.408. The molecule has 1 aromatic carbocycles. The Hall–Kier alpha value is -1.73. The van der Waals surface area contributed by atoms with Gasteiger partial charge in [0, 0.05) is 5.56 Å². The minimum absolute atomic E-state index is 0.304. The lowest BCUT2D eigenvalue weighted by Gasteiger charge is -2.22. The lowest BCUT2D eigenvalue weighted by atomic mass is 10.2. The highest BCUT2D eigenvalue weighted by molar-refractivity contribution is 7.90. The van der Waals surface area contributed by atoms with Gasteiger partial charge in [-0.3, -0.25) is 9.59 Å². The third-order valence-electron chi connectivity index (χ3n) is 2.53. The molecule has 1 N–H and O–H groups in total. The highest BCUT2D eigenvalue weighted by Gasteiger charge is 2.27. The molecule has 122 valence electrons. The van der Waals surface area contributed by atoms with Crippen LogP contribution in [0.4, 0.5) is 0 Å². The van der Waals surface area contributed by atoms with Crippen molar-refractivity contribution in [2.75, 3.05) is 5.75 Å². The van der Waals surface area contributed by atoms with Crippen LogP contribution in [-0.2, 0) is 19.6 Å². The van der Waals surface area contributed by atoms with Crippen molar-refractivity contribution in [3.05, 3.63) is 35.9 Å². The van der Waals surface area contributed by atoms with Crippen molar-refractivity contribution >= 4 is 21.8 Å². The van der Waals surface area contributed by atoms with E-state index in [1.807, 2.05) is 0 Å². The van der Waals surface area contributed by atoms with Crippen molar-refractivity contribution in [3.63, 3.8) is 0 Å². The van der Waals surface area contributed by atoms with Crippen LogP contribution in [-0.4, -0.2) is 37.6 Å². The van der Waals surface area contributed by atoms with Crippen LogP contribution in [0.1, 0.15) is 38.1 Å². The predicted octanol–water partition coefficient (Wildman–Crippen LogP) is 1.52. The van der Waals surface area contributed by atoms with E-state index >= 15 is 0 Å². The van der Waals surface area contributed by atoms with E-state index in [9.17, 15) is 18.0 Å². The molecule has 0 aliphatic heterocycles. The number of nitrogens with one attached hydrogen (secondary N) is 1. The van der Waals surface area contributed by atoms with E-state index in [0.717, 1.165) is 0 Å². The van der Waals surface area contributed by atoms with Crippen LogP contribution < -0.4 is 4.72 Å². The van der Waals surface area contributed by atoms with Crippen LogP contribution in [0, 0.1) is 0 Å². The molecule has 0 aromatic heterocycles. The summed E-state index contributed by atoms with van der Waals surface area (Å²) < 4.78 is 31.2. The van der Waals surface area contributed by atoms with E-state index < -0.39 is 39.2 Å². The van der Waals surface area contributed by atoms with Crippen molar-refractivity contribution < 1.29 is 22.7 Å². The maximum atomic E-state index is 12.0. The van der Waals surface area contributed by atoms with E-state index in [2.05, 4.69) is 4.72 Å². The number of sulfonamides is 1. The second-order valence-electron chi connectivity index (χ2n) is 5.92. The number of hydrogen-bond donors (Lipinski definition) is 1. The fraction of sp³-hybridized carbons (Fsp3) is 0.467. The van der Waals surface area contributed by atoms with Gasteiger partial charge in [0.25, 0.3) is 0 Å². The van der Waals surface area contributed by atoms with Crippen molar-refractivity contribution in [1.29, 1.82) is 0 Å². The molecule has 0 bridgehead atoms. The molecule has 1 atom stereocenters. The Morgan fingerprint density at radius 3 is 2.23 bits per heavy atom. The first-order chi connectivity index (χ1) is 10.0. The Morgan fingerprint density at radius 1 is 1.18 bits per heavy atom. The molecule has 1 unspecified atom stereocenters. The van der Waals surface area contributed by atoms with Crippen molar-refractivity contribution in [1.82, 2.24) is 4.72 Å². The van der Waals surface area contributed by atoms with Crippen LogP contribution in [0.25, 0.3) is 0 Å². The summed E-state index contributed by atoms with van der Waals surface area (Å²) in [7, 11) is -3.93. The minimum Gasteiger partial charge on any atom is -0.459 e. The van der Waals surface area contributed by atoms with Gasteiger partial charge in [-0.15, -0.1) is 0 Å². The summed E-state index contributed by atoms with van der Waals surface area (Å²) in [5.74, 6) is -1.95. The van der Waals surface area contributed by atoms with E-state index in [1.54, 1.807) is 39.0 Å². The van der Waals surface area contributed by atoms with Gasteiger partial charge in [-0.05, 0) is 27.7 Å². The number of Topliss-reactive ketones (excluding diaryl/α,β-unsaturated/α-hetero) is 1. The Kier molecular flexibility index (Phi) is 5.85. The number of ketones is 1. The molecule has 1 aromatic rings. The van der Waals surface area contributed by atoms with Gasteiger partial charge in [0.05, 0.1) is 0 Å². The SMILES string of the molecule is CC(NS(=O)(=O)CC(=O)c1ccccc1)C(=O)OC(C)(C)C. The molecule has 0 aliphatic carbocycles. The summed E-state index contributed by atoms with van der Waals surface area (Å²) in [4.78, 5) is 23.7. The summed E-state index contributed by atoms with van der Waals surface area (Å²) in [6.07, 6.45) is 0. The van der Waals surface area contributed by atoms with Gasteiger partial charge in [-0.25, -0.2) is 13.1 Å². The molecular formula is C15H21NO5S. The molecule has 0 fully saturated rings. The van der Waals surface area contributed by atoms with E-state index in [1.165, 1.54) is 19.1 Å². The summed E-state index contributed by atoms with van der Waals surface area (Å²) in [5, 5.41) is 0. The number of ether oxygens (including phenoxy) is 1. The van der Waals surface area contributed by atoms with Gasteiger partial charge >= 0.3 is 5.97 Å². The fourth-order valence-electron chi connectivity index (χ4n) is 1.63. The van der Waals surface area contributed by atoms with Gasteiger partial charge in [0.15, 0.2) is 5.78 Å². The smallest absolute Gasteiger partial charge is 0.324 e. The molecule has 22 heavy (non-hydrogen) atoms. The monoisotopic (exact) mass is 327 g/mol. The molecule has 0 aliphatic rings. The number of esters is 1. The van der Waals surface area contributed by atoms with Crippen LogP contribution in [0.2, 0.25) is 0 Å². The predicted molar refractivity (Wildman–Crippen MR) is 83.0 cm³/mol. The Labute approximate surface area is 130 Å². The molecule has 0 amide bonds. The standard InChI is InChI=1S/C15H21NO5S/c1-11(14(18)21-15(2,3)4)16-22(19,20)10-13(17)12-8-6-5-7-9-12/h5-9,11,16H,10H2,1-4H3. The lowest BCUT2D eigenvalue weighted by molar-refractivity contribution is -0.156. The second kappa shape index (κ2) is 7.02. The number of benzene rings is 1. The molecule has 0 radical (unpaired) electrons. The Bertz CT molecular complexity index is 632. The van der Waals surface area contributed by atoms with Crippen LogP contribution in [0.3, 0.4) is 0 Å². The molecular weight excluding hydrogens is 306 g/mol. The Morgan fingerprint density at radius 2 is 1.73 bits per heavy atom. The zero-order valence-corrected chi connectivity index (χ0v) is 13.9. The average Bonchev–Trinajstić information content (AvgIpc) is 2.36. The molecule has 7 heteroatoms. The third kappa shape index (κ3) is 6.36. The lowest BCUT2D eigenvalue weighted by Crippen LogP contribution is -2.43. The van der Waals surface area contributed by atoms with E-state index in [0.29, 0.717) is 5.56 Å². The van der Waals surface area contributed by atoms with Gasteiger partial charge in [0.1, 0.15) is 17.4 Å². The maximum Gasteiger partial charge on any atom is 0.324 e. The van der Waals surface area contributed by atoms with Crippen LogP contribution >= 0.6 is 0 Å². The van der Waals surface area contributed by atoms with Crippen molar-refractivity contribution in [3.8, 4) is 0 Å². The fourth-order valence-corrected chi connectivity index (χ4v) is 2.86. The van der Waals surface area contributed by atoms with Gasteiger partial charge in [-0.2, -0.15) is 0 Å². The molecule has 1 rings (SSSR count). The van der Waals surface area contributed by atoms with E-state index in [-0.39, 0.29) is 0 Å². The number of carbonyl (C=O) groups excluding carboxylic acids is 2. The number of rotatable bonds is 6. The quantitative estimate of drug-likeness (QED) is 0.632.